The van der Waals surface area contributed by atoms with Gasteiger partial charge in [0.1, 0.15) is 5.75 Å². The molecule has 0 aliphatic rings. The van der Waals surface area contributed by atoms with Crippen molar-refractivity contribution in [2.75, 3.05) is 5.73 Å². The first-order chi connectivity index (χ1) is 9.59. The Kier molecular flexibility index (Phi) is 4.25. The Morgan fingerprint density at radius 2 is 1.75 bits per heavy atom. The van der Waals surface area contributed by atoms with Gasteiger partial charge in [-0.1, -0.05) is 30.3 Å². The number of hydrogen-bond acceptors (Lipinski definition) is 3. The van der Waals surface area contributed by atoms with E-state index in [1.165, 1.54) is 17.7 Å². The summed E-state index contributed by atoms with van der Waals surface area (Å²) in [6, 6.07) is 12.7. The van der Waals surface area contributed by atoms with E-state index in [4.69, 9.17) is 10.8 Å². The molecular formula is C16H17NO3. The Balaban J connectivity index is 2.09. The van der Waals surface area contributed by atoms with Crippen molar-refractivity contribution < 1.29 is 15.0 Å². The van der Waals surface area contributed by atoms with Gasteiger partial charge in [0.15, 0.2) is 0 Å². The number of carboxylic acid groups (broad SMARTS) is 1. The van der Waals surface area contributed by atoms with Crippen LogP contribution < -0.4 is 5.73 Å². The summed E-state index contributed by atoms with van der Waals surface area (Å²) in [6.07, 6.45) is 2.20. The second kappa shape index (κ2) is 6.10. The Morgan fingerprint density at radius 3 is 2.40 bits per heavy atom. The second-order valence-corrected chi connectivity index (χ2v) is 4.67. The Bertz CT molecular complexity index is 609. The average Bonchev–Trinajstić information content (AvgIpc) is 2.43. The van der Waals surface area contributed by atoms with Crippen LogP contribution in [0.25, 0.3) is 0 Å². The minimum Gasteiger partial charge on any atom is -0.508 e. The third-order valence-electron chi connectivity index (χ3n) is 3.30. The van der Waals surface area contributed by atoms with E-state index >= 15 is 0 Å². The molecule has 0 radical (unpaired) electrons. The third-order valence-corrected chi connectivity index (χ3v) is 3.30. The number of nitrogens with two attached hydrogens (primary N) is 1. The molecule has 0 aliphatic carbocycles. The van der Waals surface area contributed by atoms with Crippen LogP contribution in [0.3, 0.4) is 0 Å². The van der Waals surface area contributed by atoms with Crippen LogP contribution >= 0.6 is 0 Å². The number of carbonyl (C=O) groups is 1. The highest BCUT2D eigenvalue weighted by Crippen LogP contribution is 2.28. The van der Waals surface area contributed by atoms with Crippen molar-refractivity contribution in [3.05, 3.63) is 59.2 Å². The van der Waals surface area contributed by atoms with Crippen LogP contribution in [0.4, 0.5) is 5.69 Å². The largest absolute Gasteiger partial charge is 0.508 e. The van der Waals surface area contributed by atoms with Crippen molar-refractivity contribution in [1.82, 2.24) is 0 Å². The summed E-state index contributed by atoms with van der Waals surface area (Å²) in [6.45, 7) is 0. The van der Waals surface area contributed by atoms with Gasteiger partial charge in [-0.15, -0.1) is 0 Å². The molecule has 0 heterocycles. The molecule has 2 aromatic rings. The maximum absolute atomic E-state index is 11.0. The minimum absolute atomic E-state index is 0.0394. The van der Waals surface area contributed by atoms with E-state index in [1.807, 2.05) is 30.3 Å². The van der Waals surface area contributed by atoms with Gasteiger partial charge in [-0.25, -0.2) is 4.79 Å². The maximum atomic E-state index is 11.0. The standard InChI is InChI=1S/C16H17NO3/c17-15-12(14(18)10-9-13(15)16(19)20)8-4-7-11-5-2-1-3-6-11/h1-3,5-6,9-10,18H,4,7-8,17H2,(H,19,20). The van der Waals surface area contributed by atoms with Crippen LogP contribution in [-0.4, -0.2) is 16.2 Å². The number of phenols is 1. The second-order valence-electron chi connectivity index (χ2n) is 4.67. The van der Waals surface area contributed by atoms with Crippen molar-refractivity contribution in [2.45, 2.75) is 19.3 Å². The topological polar surface area (TPSA) is 83.6 Å². The van der Waals surface area contributed by atoms with Crippen LogP contribution in [0, 0.1) is 0 Å². The highest BCUT2D eigenvalue weighted by Gasteiger charge is 2.14. The molecule has 0 amide bonds. The van der Waals surface area contributed by atoms with E-state index in [2.05, 4.69) is 0 Å². The van der Waals surface area contributed by atoms with Crippen LogP contribution in [0.2, 0.25) is 0 Å². The zero-order chi connectivity index (χ0) is 14.5. The zero-order valence-electron chi connectivity index (χ0n) is 11.0. The summed E-state index contributed by atoms with van der Waals surface area (Å²) >= 11 is 0. The highest BCUT2D eigenvalue weighted by molar-refractivity contribution is 5.95. The molecule has 0 unspecified atom stereocenters. The van der Waals surface area contributed by atoms with Gasteiger partial charge in [0.25, 0.3) is 0 Å². The lowest BCUT2D eigenvalue weighted by Crippen LogP contribution is -2.06. The molecule has 0 saturated carbocycles. The van der Waals surface area contributed by atoms with Gasteiger partial charge in [0, 0.05) is 5.56 Å². The first-order valence-electron chi connectivity index (χ1n) is 6.47. The van der Waals surface area contributed by atoms with E-state index in [1.54, 1.807) is 0 Å². The fraction of sp³-hybridized carbons (Fsp3) is 0.188. The first-order valence-corrected chi connectivity index (χ1v) is 6.47. The van der Waals surface area contributed by atoms with Gasteiger partial charge in [0.2, 0.25) is 0 Å². The summed E-state index contributed by atoms with van der Waals surface area (Å²) in [5, 5.41) is 18.8. The van der Waals surface area contributed by atoms with E-state index in [-0.39, 0.29) is 17.0 Å². The molecule has 0 aromatic heterocycles. The highest BCUT2D eigenvalue weighted by atomic mass is 16.4. The normalized spacial score (nSPS) is 10.4. The van der Waals surface area contributed by atoms with Crippen molar-refractivity contribution in [1.29, 1.82) is 0 Å². The van der Waals surface area contributed by atoms with Gasteiger partial charge < -0.3 is 15.9 Å². The monoisotopic (exact) mass is 271 g/mol. The molecule has 2 aromatic carbocycles. The average molecular weight is 271 g/mol. The summed E-state index contributed by atoms with van der Waals surface area (Å²) in [5.41, 5.74) is 7.74. The smallest absolute Gasteiger partial charge is 0.337 e. The van der Waals surface area contributed by atoms with Crippen LogP contribution in [0.15, 0.2) is 42.5 Å². The number of carboxylic acids is 1. The molecule has 20 heavy (non-hydrogen) atoms. The molecule has 0 fully saturated rings. The predicted molar refractivity (Wildman–Crippen MR) is 77.9 cm³/mol. The van der Waals surface area contributed by atoms with Crippen molar-refractivity contribution in [3.63, 3.8) is 0 Å². The van der Waals surface area contributed by atoms with Crippen LogP contribution in [-0.2, 0) is 12.8 Å². The molecule has 4 nitrogen and oxygen atoms in total. The SMILES string of the molecule is Nc1c(C(=O)O)ccc(O)c1CCCc1ccccc1. The Hall–Kier alpha value is -2.49. The number of aryl methyl sites for hydroxylation is 1. The fourth-order valence-corrected chi connectivity index (χ4v) is 2.22. The molecule has 0 spiro atoms. The lowest BCUT2D eigenvalue weighted by molar-refractivity contribution is 0.0698. The number of benzene rings is 2. The van der Waals surface area contributed by atoms with Gasteiger partial charge in [-0.05, 0) is 37.0 Å². The number of anilines is 1. The quantitative estimate of drug-likeness (QED) is 0.730. The minimum atomic E-state index is -1.08. The Labute approximate surface area is 117 Å². The molecule has 0 aliphatic heterocycles. The van der Waals surface area contributed by atoms with E-state index in [0.29, 0.717) is 12.0 Å². The molecule has 4 N–H and O–H groups in total. The summed E-state index contributed by atoms with van der Waals surface area (Å²) < 4.78 is 0. The van der Waals surface area contributed by atoms with E-state index in [9.17, 15) is 9.90 Å². The van der Waals surface area contributed by atoms with Gasteiger partial charge >= 0.3 is 5.97 Å². The van der Waals surface area contributed by atoms with Crippen LogP contribution in [0.5, 0.6) is 5.75 Å². The van der Waals surface area contributed by atoms with E-state index < -0.39 is 5.97 Å². The van der Waals surface area contributed by atoms with Gasteiger partial charge in [0.05, 0.1) is 11.3 Å². The molecule has 0 saturated heterocycles. The molecule has 0 atom stereocenters. The van der Waals surface area contributed by atoms with Gasteiger partial charge in [-0.3, -0.25) is 0 Å². The van der Waals surface area contributed by atoms with E-state index in [0.717, 1.165) is 12.8 Å². The lowest BCUT2D eigenvalue weighted by atomic mass is 9.99. The molecule has 104 valence electrons. The molecule has 4 heteroatoms. The fourth-order valence-electron chi connectivity index (χ4n) is 2.22. The number of hydrogen-bond donors (Lipinski definition) is 3. The number of phenolic OH excluding ortho intramolecular Hbond substituents is 1. The molecule has 0 bridgehead atoms. The van der Waals surface area contributed by atoms with Crippen molar-refractivity contribution in [3.8, 4) is 5.75 Å². The first kappa shape index (κ1) is 13.9. The Morgan fingerprint density at radius 1 is 1.05 bits per heavy atom. The van der Waals surface area contributed by atoms with Crippen LogP contribution in [0.1, 0.15) is 27.9 Å². The molecule has 2 rings (SSSR count). The van der Waals surface area contributed by atoms with Crippen molar-refractivity contribution >= 4 is 11.7 Å². The predicted octanol–water partition coefficient (Wildman–Crippen LogP) is 2.85. The molecular weight excluding hydrogens is 254 g/mol. The summed E-state index contributed by atoms with van der Waals surface area (Å²) in [5.74, 6) is -1.02. The number of aromatic carboxylic acids is 1. The lowest BCUT2D eigenvalue weighted by Gasteiger charge is -2.10. The third kappa shape index (κ3) is 3.09. The van der Waals surface area contributed by atoms with Crippen molar-refractivity contribution in [2.24, 2.45) is 0 Å². The maximum Gasteiger partial charge on any atom is 0.337 e. The number of nitrogen functional groups attached to an aromatic ring is 1. The number of aromatic hydroxyl groups is 1. The summed E-state index contributed by atoms with van der Waals surface area (Å²) in [7, 11) is 0. The zero-order valence-corrected chi connectivity index (χ0v) is 11.0. The van der Waals surface area contributed by atoms with Gasteiger partial charge in [-0.2, -0.15) is 0 Å². The number of rotatable bonds is 5. The summed E-state index contributed by atoms with van der Waals surface area (Å²) in [4.78, 5) is 11.0.